The molecule has 0 aliphatic carbocycles. The number of nitrogens with one attached hydrogen (secondary N) is 15. The minimum atomic E-state index is -2.01. The van der Waals surface area contributed by atoms with Crippen molar-refractivity contribution in [3.05, 3.63) is 174 Å². The van der Waals surface area contributed by atoms with Crippen molar-refractivity contribution in [1.29, 1.82) is 0 Å². The second kappa shape index (κ2) is 55.0. The first-order chi connectivity index (χ1) is 62.4. The topological polar surface area (TPSA) is 700 Å². The Morgan fingerprint density at radius 2 is 0.863 bits per heavy atom. The number of benzene rings is 5. The van der Waals surface area contributed by atoms with Crippen LogP contribution in [-0.4, -0.2) is 271 Å². The molecule has 6 aromatic rings. The molecule has 42 nitrogen and oxygen atoms in total. The zero-order valence-electron chi connectivity index (χ0n) is 72.6. The van der Waals surface area contributed by atoms with Gasteiger partial charge in [0.05, 0.1) is 37.8 Å². The molecular formula is C87H117N19O23S2. The van der Waals surface area contributed by atoms with Gasteiger partial charge in [0.1, 0.15) is 84.3 Å². The second-order valence-corrected chi connectivity index (χ2v) is 33.6. The molecule has 15 amide bonds. The maximum absolute atomic E-state index is 15.5. The number of rotatable bonds is 30. The molecule has 0 radical (unpaired) electrons. The number of phenolic OH excluding ortho intramolecular Hbond substituents is 1. The van der Waals surface area contributed by atoms with Gasteiger partial charge in [0, 0.05) is 61.2 Å². The van der Waals surface area contributed by atoms with Crippen LogP contribution in [0.3, 0.4) is 0 Å². The maximum atomic E-state index is 15.5. The lowest BCUT2D eigenvalue weighted by Crippen LogP contribution is -2.63. The zero-order chi connectivity index (χ0) is 96.4. The SMILES string of the molecule is CC(=O)O.CC(NC(=O)C(N)Cc1ccc(O)cc1)C(=O)NCC(=O)NC1CSSCC(C(=O)O)NC(=O)C(CO)NC(=O)C(C(C)O)NC(=O)C(Cc2ccccc2)NC(=O)C(C(C)O)NC(=O)C(CCCCN)NC(=O)C(Cc2c[nH]c3ccccc23)NC(=O)C(Cc2ccccc2)NC(=O)C(Cc2ccccc2)NC(=O)C(CC(N)=O)NC(=O)C(CCCCN)NC1=O. The van der Waals surface area contributed by atoms with Gasteiger partial charge in [-0.3, -0.25) is 76.7 Å². The van der Waals surface area contributed by atoms with E-state index in [9.17, 15) is 87.9 Å². The van der Waals surface area contributed by atoms with Crippen LogP contribution < -0.4 is 97.4 Å². The van der Waals surface area contributed by atoms with Crippen LogP contribution in [0, 0.1) is 0 Å². The maximum Gasteiger partial charge on any atom is 0.327 e. The number of aromatic nitrogens is 1. The van der Waals surface area contributed by atoms with E-state index in [1.165, 1.54) is 19.1 Å². The minimum absolute atomic E-state index is 0.00424. The number of phenols is 1. The first kappa shape index (κ1) is 107. The number of unbranched alkanes of at least 4 members (excludes halogenated alkanes) is 2. The minimum Gasteiger partial charge on any atom is -0.508 e. The Labute approximate surface area is 762 Å². The lowest BCUT2D eigenvalue weighted by molar-refractivity contribution is -0.142. The van der Waals surface area contributed by atoms with E-state index in [0.717, 1.165) is 31.6 Å². The summed E-state index contributed by atoms with van der Waals surface area (Å²) in [4.78, 5) is 242. The van der Waals surface area contributed by atoms with Gasteiger partial charge in [0.2, 0.25) is 88.6 Å². The third-order valence-corrected chi connectivity index (χ3v) is 22.8. The van der Waals surface area contributed by atoms with Crippen molar-refractivity contribution in [3.63, 3.8) is 0 Å². The van der Waals surface area contributed by atoms with Gasteiger partial charge in [-0.25, -0.2) is 4.79 Å². The summed E-state index contributed by atoms with van der Waals surface area (Å²) < 4.78 is 0. The van der Waals surface area contributed by atoms with Crippen LogP contribution in [0.5, 0.6) is 5.75 Å². The van der Waals surface area contributed by atoms with Crippen LogP contribution in [-0.2, 0) is 114 Å². The highest BCUT2D eigenvalue weighted by molar-refractivity contribution is 8.76. The van der Waals surface area contributed by atoms with E-state index in [2.05, 4.69) is 79.4 Å². The van der Waals surface area contributed by atoms with E-state index >= 15 is 14.4 Å². The molecule has 16 unspecified atom stereocenters. The fourth-order valence-corrected chi connectivity index (χ4v) is 15.6. The molecule has 0 saturated carbocycles. The lowest BCUT2D eigenvalue weighted by atomic mass is 10.00. The largest absolute Gasteiger partial charge is 0.508 e. The number of carbonyl (C=O) groups excluding carboxylic acids is 15. The van der Waals surface area contributed by atoms with Gasteiger partial charge >= 0.3 is 5.97 Å². The number of aliphatic hydroxyl groups excluding tert-OH is 3. The van der Waals surface area contributed by atoms with Crippen LogP contribution >= 0.6 is 21.6 Å². The molecule has 1 aromatic heterocycles. The number of carboxylic acids is 2. The van der Waals surface area contributed by atoms with Crippen molar-refractivity contribution in [2.75, 3.05) is 37.7 Å². The smallest absolute Gasteiger partial charge is 0.327 e. The highest BCUT2D eigenvalue weighted by Crippen LogP contribution is 2.25. The van der Waals surface area contributed by atoms with Crippen LogP contribution in [0.4, 0.5) is 0 Å². The van der Waals surface area contributed by atoms with Gasteiger partial charge in [0.25, 0.3) is 5.97 Å². The molecule has 29 N–H and O–H groups in total. The number of fused-ring (bicyclic) bond motifs is 1. The molecular weight excluding hydrogens is 1740 g/mol. The number of carbonyl (C=O) groups is 17. The number of carboxylic acid groups (broad SMARTS) is 2. The van der Waals surface area contributed by atoms with Gasteiger partial charge in [-0.2, -0.15) is 0 Å². The molecule has 131 heavy (non-hydrogen) atoms. The Hall–Kier alpha value is -13.1. The summed E-state index contributed by atoms with van der Waals surface area (Å²) in [5.41, 5.74) is 26.7. The normalized spacial score (nSPS) is 22.3. The molecule has 1 aliphatic rings. The monoisotopic (exact) mass is 1860 g/mol. The molecule has 5 aromatic carbocycles. The van der Waals surface area contributed by atoms with E-state index in [-0.39, 0.29) is 83.0 Å². The lowest BCUT2D eigenvalue weighted by Gasteiger charge is -2.29. The predicted octanol–water partition coefficient (Wildman–Crippen LogP) is -4.39. The number of aromatic amines is 1. The number of amides is 15. The summed E-state index contributed by atoms with van der Waals surface area (Å²) in [7, 11) is 1.41. The highest BCUT2D eigenvalue weighted by Gasteiger charge is 2.40. The second-order valence-electron chi connectivity index (χ2n) is 31.0. The number of aliphatic hydroxyl groups is 3. The average molecular weight is 1860 g/mol. The molecule has 1 fully saturated rings. The van der Waals surface area contributed by atoms with Gasteiger partial charge in [-0.1, -0.05) is 143 Å². The molecule has 1 saturated heterocycles. The third kappa shape index (κ3) is 36.8. The molecule has 16 atom stereocenters. The Morgan fingerprint density at radius 3 is 1.33 bits per heavy atom. The van der Waals surface area contributed by atoms with Crippen molar-refractivity contribution < 1.29 is 112 Å². The number of hydrogen-bond donors (Lipinski definition) is 25. The summed E-state index contributed by atoms with van der Waals surface area (Å²) in [6.07, 6.45) is -3.80. The number of primary amides is 1. The Balaban J connectivity index is 0.00000646. The molecule has 2 heterocycles. The Kier molecular flexibility index (Phi) is 44.8. The predicted molar refractivity (Wildman–Crippen MR) is 482 cm³/mol. The number of para-hydroxylation sites is 1. The van der Waals surface area contributed by atoms with Gasteiger partial charge in [0.15, 0.2) is 0 Å². The molecule has 7 rings (SSSR count). The molecule has 44 heteroatoms. The van der Waals surface area contributed by atoms with Crippen molar-refractivity contribution in [2.24, 2.45) is 22.9 Å². The fourth-order valence-electron chi connectivity index (χ4n) is 13.3. The Morgan fingerprint density at radius 1 is 0.466 bits per heavy atom. The number of aromatic hydroxyl groups is 1. The number of hydrogen-bond acceptors (Lipinski definition) is 26. The average Bonchev–Trinajstić information content (AvgIpc) is 1.61. The van der Waals surface area contributed by atoms with Crippen LogP contribution in [0.2, 0.25) is 0 Å². The third-order valence-electron chi connectivity index (χ3n) is 20.3. The number of H-pyrrole nitrogens is 1. The highest BCUT2D eigenvalue weighted by atomic mass is 33.1. The van der Waals surface area contributed by atoms with E-state index < -0.39 is 228 Å². The van der Waals surface area contributed by atoms with E-state index in [4.69, 9.17) is 32.8 Å². The first-order valence-corrected chi connectivity index (χ1v) is 44.6. The van der Waals surface area contributed by atoms with E-state index in [1.54, 1.807) is 134 Å². The van der Waals surface area contributed by atoms with Gasteiger partial charge in [-0.05, 0) is 125 Å². The molecule has 1 aliphatic heterocycles. The standard InChI is InChI=1S/C85H113N19O21S2.C2H4O2/c1-46(92-73(112)56(88)35-52-29-31-54(108)32-30-52)72(111)91-42-69(110)93-66-44-126-127-45-67(85(124)125)102-81(120)65(43-105)101-84(123)71(48(3)107)104-80(119)62(38-51-23-11-6-12-24-51)100-83(122)70(47(2)106)103-75(114)59(28-16-18-34-87)94-78(117)63(39-53-41-90-57-26-14-13-25-55(53)57)98-77(116)61(37-50-21-9-5-10-22-50)96-76(115)60(36-49-19-7-4-8-20-49)97-79(118)64(40-68(89)109)99-74(113)58(95-82(66)121)27-15-17-33-86;1-2(3)4/h4-14,19-26,29-32,41,46-48,56,58-67,70-71,90,105-108H,15-18,27-28,33-40,42-45,86-88H2,1-3H3,(H2,89,109)(H,91,111)(H,92,112)(H,93,110)(H,94,117)(H,95,121)(H,96,115)(H,97,118)(H,98,116)(H,99,113)(H,100,122)(H,101,123)(H,102,120)(H,103,114)(H,104,119)(H,124,125);1H3,(H,3,4). The van der Waals surface area contributed by atoms with Crippen LogP contribution in [0.15, 0.2) is 146 Å². The number of nitrogens with two attached hydrogens (primary N) is 4. The zero-order valence-corrected chi connectivity index (χ0v) is 74.2. The number of aliphatic carboxylic acids is 2. The summed E-state index contributed by atoms with van der Waals surface area (Å²) in [5, 5.41) is 96.0. The first-order valence-electron chi connectivity index (χ1n) is 42.1. The Bertz CT molecular complexity index is 4850. The van der Waals surface area contributed by atoms with Crippen molar-refractivity contribution in [1.82, 2.24) is 79.4 Å². The van der Waals surface area contributed by atoms with Crippen molar-refractivity contribution >= 4 is 133 Å². The summed E-state index contributed by atoms with van der Waals surface area (Å²) >= 11 is 0. The van der Waals surface area contributed by atoms with E-state index in [0.29, 0.717) is 55.9 Å². The summed E-state index contributed by atoms with van der Waals surface area (Å²) in [6, 6.07) is 13.4. The molecule has 0 bridgehead atoms. The fraction of sp³-hybridized carbons (Fsp3) is 0.437. The van der Waals surface area contributed by atoms with Gasteiger partial charge < -0.3 is 133 Å². The quantitative estimate of drug-likeness (QED) is 0.0150. The molecule has 0 spiro atoms. The summed E-state index contributed by atoms with van der Waals surface area (Å²) in [5.74, 6) is -20.0. The summed E-state index contributed by atoms with van der Waals surface area (Å²) in [6.45, 7) is 2.68. The molecule has 710 valence electrons. The van der Waals surface area contributed by atoms with Gasteiger partial charge in [-0.15, -0.1) is 0 Å². The van der Waals surface area contributed by atoms with Crippen molar-refractivity contribution in [3.8, 4) is 5.75 Å². The van der Waals surface area contributed by atoms with Crippen LogP contribution in [0.1, 0.15) is 100 Å². The van der Waals surface area contributed by atoms with E-state index in [1.807, 2.05) is 0 Å². The van der Waals surface area contributed by atoms with Crippen molar-refractivity contribution in [2.45, 2.75) is 202 Å². The van der Waals surface area contributed by atoms with Crippen LogP contribution in [0.25, 0.3) is 10.9 Å².